The van der Waals surface area contributed by atoms with E-state index >= 15 is 0 Å². The Kier molecular flexibility index (Phi) is 5.24. The van der Waals surface area contributed by atoms with Crippen LogP contribution in [0, 0.1) is 12.7 Å². The van der Waals surface area contributed by atoms with Gasteiger partial charge in [-0.1, -0.05) is 6.07 Å². The van der Waals surface area contributed by atoms with E-state index in [0.29, 0.717) is 29.7 Å². The maximum atomic E-state index is 13.2. The van der Waals surface area contributed by atoms with E-state index in [1.54, 1.807) is 6.07 Å². The number of hydrogen-bond acceptors (Lipinski definition) is 9. The van der Waals surface area contributed by atoms with Crippen molar-refractivity contribution in [3.8, 4) is 5.69 Å². The lowest BCUT2D eigenvalue weighted by Gasteiger charge is -2.29. The highest BCUT2D eigenvalue weighted by molar-refractivity contribution is 5.99. The number of para-hydroxylation sites is 1. The predicted octanol–water partition coefficient (Wildman–Crippen LogP) is 2.70. The van der Waals surface area contributed by atoms with E-state index in [4.69, 9.17) is 0 Å². The molecule has 0 fully saturated rings. The summed E-state index contributed by atoms with van der Waals surface area (Å²) in [5, 5.41) is 21.6. The molecule has 1 amide bonds. The number of hydrogen-bond donors (Lipinski definition) is 3. The van der Waals surface area contributed by atoms with Crippen molar-refractivity contribution >= 4 is 34.6 Å². The van der Waals surface area contributed by atoms with Gasteiger partial charge >= 0.3 is 0 Å². The maximum absolute atomic E-state index is 13.2. The highest BCUT2D eigenvalue weighted by atomic mass is 19.1. The van der Waals surface area contributed by atoms with E-state index in [9.17, 15) is 9.18 Å². The topological polar surface area (TPSA) is 126 Å². The summed E-state index contributed by atoms with van der Waals surface area (Å²) in [5.74, 6) is 1.42. The van der Waals surface area contributed by atoms with Crippen molar-refractivity contribution in [1.29, 1.82) is 0 Å². The number of carbonyl (C=O) groups excluding carboxylic acids is 1. The van der Waals surface area contributed by atoms with Crippen molar-refractivity contribution in [3.63, 3.8) is 0 Å². The van der Waals surface area contributed by atoms with Gasteiger partial charge in [0.2, 0.25) is 0 Å². The van der Waals surface area contributed by atoms with E-state index in [-0.39, 0.29) is 5.69 Å². The molecule has 4 heterocycles. The minimum atomic E-state index is -0.447. The summed E-state index contributed by atoms with van der Waals surface area (Å²) in [7, 11) is 3.49. The van der Waals surface area contributed by atoms with Crippen LogP contribution in [0.4, 0.5) is 33.1 Å². The van der Waals surface area contributed by atoms with Crippen LogP contribution in [-0.2, 0) is 6.54 Å². The highest BCUT2D eigenvalue weighted by Gasteiger charge is 2.25. The molecule has 0 saturated heterocycles. The molecule has 1 aliphatic heterocycles. The Labute approximate surface area is 194 Å². The number of aryl methyl sites for hydroxylation is 1. The average Bonchev–Trinajstić information content (AvgIpc) is 3.20. The predicted molar refractivity (Wildman–Crippen MR) is 124 cm³/mol. The molecule has 0 saturated carbocycles. The lowest BCUT2D eigenvalue weighted by atomic mass is 10.1. The highest BCUT2D eigenvalue weighted by Crippen LogP contribution is 2.38. The van der Waals surface area contributed by atoms with Crippen LogP contribution in [0.25, 0.3) is 5.69 Å². The Morgan fingerprint density at radius 2 is 1.94 bits per heavy atom. The second-order valence-corrected chi connectivity index (χ2v) is 7.70. The molecule has 5 rings (SSSR count). The quantitative estimate of drug-likeness (QED) is 0.412. The third kappa shape index (κ3) is 3.85. The van der Waals surface area contributed by atoms with Crippen LogP contribution in [0.5, 0.6) is 0 Å². The van der Waals surface area contributed by atoms with Crippen molar-refractivity contribution in [1.82, 2.24) is 35.3 Å². The summed E-state index contributed by atoms with van der Waals surface area (Å²) in [6.07, 6.45) is 1.10. The number of amides is 1. The molecule has 11 nitrogen and oxygen atoms in total. The molecule has 0 aliphatic carbocycles. The van der Waals surface area contributed by atoms with Gasteiger partial charge in [-0.05, 0) is 31.2 Å². The summed E-state index contributed by atoms with van der Waals surface area (Å²) < 4.78 is 15.0. The SMILES string of the molecule is CNC(=O)c1nnc(Nc2ccc(F)cn2)cc1Nc1cccc2c1N(C)Cc1nc(C)nn1-2. The van der Waals surface area contributed by atoms with Gasteiger partial charge < -0.3 is 20.9 Å². The van der Waals surface area contributed by atoms with Gasteiger partial charge in [-0.3, -0.25) is 4.79 Å². The molecule has 172 valence electrons. The fourth-order valence-electron chi connectivity index (χ4n) is 3.81. The number of pyridine rings is 1. The number of rotatable bonds is 5. The third-order valence-corrected chi connectivity index (χ3v) is 5.27. The first-order valence-electron chi connectivity index (χ1n) is 10.5. The van der Waals surface area contributed by atoms with Crippen LogP contribution in [0.15, 0.2) is 42.6 Å². The van der Waals surface area contributed by atoms with Gasteiger partial charge in [-0.25, -0.2) is 19.0 Å². The maximum Gasteiger partial charge on any atom is 0.273 e. The smallest absolute Gasteiger partial charge is 0.273 e. The molecule has 0 atom stereocenters. The standard InChI is InChI=1S/C22H21FN10O/c1-12-26-19-11-32(3)21-14(5-4-6-16(21)33(19)31-12)27-15-9-18(29-30-20(15)22(34)24-2)28-17-8-7-13(23)10-25-17/h4-10H,11H2,1-3H3,(H,24,34)(H2,25,27,28,29). The molecule has 12 heteroatoms. The number of nitrogens with one attached hydrogen (secondary N) is 3. The molecular weight excluding hydrogens is 439 g/mol. The van der Waals surface area contributed by atoms with Gasteiger partial charge in [-0.15, -0.1) is 10.2 Å². The minimum Gasteiger partial charge on any atom is -0.364 e. The number of aromatic nitrogens is 6. The van der Waals surface area contributed by atoms with E-state index in [1.165, 1.54) is 19.2 Å². The van der Waals surface area contributed by atoms with Crippen molar-refractivity contribution in [2.24, 2.45) is 0 Å². The molecule has 3 N–H and O–H groups in total. The van der Waals surface area contributed by atoms with Crippen LogP contribution in [0.1, 0.15) is 22.1 Å². The molecule has 3 aromatic heterocycles. The number of carbonyl (C=O) groups is 1. The normalized spacial score (nSPS) is 12.1. The summed E-state index contributed by atoms with van der Waals surface area (Å²) in [4.78, 5) is 23.0. The molecule has 34 heavy (non-hydrogen) atoms. The van der Waals surface area contributed by atoms with Crippen LogP contribution in [0.3, 0.4) is 0 Å². The van der Waals surface area contributed by atoms with E-state index in [0.717, 1.165) is 29.1 Å². The molecule has 1 aliphatic rings. The molecule has 0 unspecified atom stereocenters. The summed E-state index contributed by atoms with van der Waals surface area (Å²) >= 11 is 0. The Balaban J connectivity index is 1.55. The van der Waals surface area contributed by atoms with Crippen molar-refractivity contribution in [2.45, 2.75) is 13.5 Å². The molecule has 0 bridgehead atoms. The third-order valence-electron chi connectivity index (χ3n) is 5.27. The average molecular weight is 460 g/mol. The molecule has 1 aromatic carbocycles. The number of nitrogens with zero attached hydrogens (tertiary/aromatic N) is 7. The summed E-state index contributed by atoms with van der Waals surface area (Å²) in [6, 6.07) is 10.2. The number of benzene rings is 1. The van der Waals surface area contributed by atoms with Crippen molar-refractivity contribution in [2.75, 3.05) is 29.6 Å². The van der Waals surface area contributed by atoms with Crippen LogP contribution in [0.2, 0.25) is 0 Å². The fourth-order valence-corrected chi connectivity index (χ4v) is 3.81. The zero-order valence-electron chi connectivity index (χ0n) is 18.7. The Morgan fingerprint density at radius 1 is 1.09 bits per heavy atom. The molecule has 4 aromatic rings. The first-order valence-corrected chi connectivity index (χ1v) is 10.5. The Hall–Kier alpha value is -4.61. The second kappa shape index (κ2) is 8.39. The number of anilines is 5. The van der Waals surface area contributed by atoms with E-state index in [1.807, 2.05) is 36.9 Å². The van der Waals surface area contributed by atoms with E-state index < -0.39 is 11.7 Å². The van der Waals surface area contributed by atoms with Gasteiger partial charge in [0.1, 0.15) is 17.5 Å². The Morgan fingerprint density at radius 3 is 2.71 bits per heavy atom. The van der Waals surface area contributed by atoms with Crippen LogP contribution < -0.4 is 20.9 Å². The van der Waals surface area contributed by atoms with Crippen LogP contribution >= 0.6 is 0 Å². The monoisotopic (exact) mass is 460 g/mol. The van der Waals surface area contributed by atoms with Gasteiger partial charge in [0.25, 0.3) is 5.91 Å². The van der Waals surface area contributed by atoms with Crippen molar-refractivity contribution in [3.05, 3.63) is 65.8 Å². The first-order chi connectivity index (χ1) is 16.4. The second-order valence-electron chi connectivity index (χ2n) is 7.70. The lowest BCUT2D eigenvalue weighted by molar-refractivity contribution is 0.0958. The molecule has 0 spiro atoms. The lowest BCUT2D eigenvalue weighted by Crippen LogP contribution is -2.27. The van der Waals surface area contributed by atoms with Gasteiger partial charge in [0, 0.05) is 20.2 Å². The van der Waals surface area contributed by atoms with E-state index in [2.05, 4.69) is 46.1 Å². The fraction of sp³-hybridized carbons (Fsp3) is 0.182. The summed E-state index contributed by atoms with van der Waals surface area (Å²) in [6.45, 7) is 2.43. The number of fused-ring (bicyclic) bond motifs is 3. The largest absolute Gasteiger partial charge is 0.364 e. The van der Waals surface area contributed by atoms with Gasteiger partial charge in [0.05, 0.1) is 35.5 Å². The Bertz CT molecular complexity index is 1390. The minimum absolute atomic E-state index is 0.119. The van der Waals surface area contributed by atoms with Crippen LogP contribution in [-0.4, -0.2) is 49.9 Å². The zero-order chi connectivity index (χ0) is 23.8. The summed E-state index contributed by atoms with van der Waals surface area (Å²) in [5.41, 5.74) is 3.07. The van der Waals surface area contributed by atoms with Crippen molar-refractivity contribution < 1.29 is 9.18 Å². The molecule has 0 radical (unpaired) electrons. The first kappa shape index (κ1) is 21.2. The molecular formula is C22H21FN10O. The zero-order valence-corrected chi connectivity index (χ0v) is 18.7. The number of halogens is 1. The van der Waals surface area contributed by atoms with Gasteiger partial charge in [0.15, 0.2) is 17.3 Å². The van der Waals surface area contributed by atoms with Gasteiger partial charge in [-0.2, -0.15) is 5.10 Å².